The summed E-state index contributed by atoms with van der Waals surface area (Å²) in [4.78, 5) is 11.2. The Labute approximate surface area is 83.2 Å². The number of ether oxygens (including phenoxy) is 1. The number of halogens is 3. The maximum Gasteiger partial charge on any atom is 0.343 e. The van der Waals surface area contributed by atoms with E-state index in [1.807, 2.05) is 5.10 Å². The molecule has 78 valence electrons. The number of aromatic amines is 1. The molecule has 0 fully saturated rings. The highest BCUT2D eigenvalue weighted by atomic mass is 35.5. The predicted octanol–water partition coefficient (Wildman–Crippen LogP) is 2.18. The van der Waals surface area contributed by atoms with Crippen LogP contribution in [0.4, 0.5) is 8.78 Å². The number of hydrogen-bond donors (Lipinski definition) is 1. The number of rotatable bonds is 3. The van der Waals surface area contributed by atoms with Crippen molar-refractivity contribution in [2.75, 3.05) is 6.61 Å². The second kappa shape index (κ2) is 4.36. The summed E-state index contributed by atoms with van der Waals surface area (Å²) in [6.45, 7) is 1.65. The first-order valence-electron chi connectivity index (χ1n) is 3.77. The van der Waals surface area contributed by atoms with Crippen molar-refractivity contribution < 1.29 is 18.3 Å². The topological polar surface area (TPSA) is 55.0 Å². The molecule has 0 aliphatic heterocycles. The summed E-state index contributed by atoms with van der Waals surface area (Å²) in [6, 6.07) is 0. The van der Waals surface area contributed by atoms with Gasteiger partial charge in [-0.05, 0) is 6.92 Å². The van der Waals surface area contributed by atoms with Gasteiger partial charge in [0.2, 0.25) is 0 Å². The monoisotopic (exact) mass is 224 g/mol. The van der Waals surface area contributed by atoms with Gasteiger partial charge in [0.25, 0.3) is 6.43 Å². The highest BCUT2D eigenvalue weighted by Crippen LogP contribution is 2.26. The standard InChI is InChI=1S/C7H7ClF2N2O2/c1-2-14-7(13)3-4(6(9)10)11-12-5(3)8/h6H,2H2,1H3,(H,11,12). The summed E-state index contributed by atoms with van der Waals surface area (Å²) in [5.41, 5.74) is -1.02. The molecule has 14 heavy (non-hydrogen) atoms. The predicted molar refractivity (Wildman–Crippen MR) is 44.5 cm³/mol. The van der Waals surface area contributed by atoms with Crippen molar-refractivity contribution in [3.05, 3.63) is 16.4 Å². The third-order valence-corrected chi connectivity index (χ3v) is 1.72. The van der Waals surface area contributed by atoms with E-state index < -0.39 is 23.7 Å². The zero-order valence-corrected chi connectivity index (χ0v) is 7.94. The minimum Gasteiger partial charge on any atom is -0.462 e. The van der Waals surface area contributed by atoms with Gasteiger partial charge >= 0.3 is 5.97 Å². The number of carbonyl (C=O) groups excluding carboxylic acids is 1. The molecular weight excluding hydrogens is 218 g/mol. The van der Waals surface area contributed by atoms with Crippen LogP contribution in [0.3, 0.4) is 0 Å². The number of nitrogens with zero attached hydrogens (tertiary/aromatic N) is 1. The molecule has 1 N–H and O–H groups in total. The van der Waals surface area contributed by atoms with Gasteiger partial charge < -0.3 is 4.74 Å². The molecular formula is C7H7ClF2N2O2. The summed E-state index contributed by atoms with van der Waals surface area (Å²) < 4.78 is 29.1. The maximum absolute atomic E-state index is 12.3. The van der Waals surface area contributed by atoms with Crippen LogP contribution in [-0.4, -0.2) is 22.8 Å². The van der Waals surface area contributed by atoms with Gasteiger partial charge in [-0.25, -0.2) is 13.6 Å². The molecule has 1 aromatic rings. The summed E-state index contributed by atoms with van der Waals surface area (Å²) in [6.07, 6.45) is -2.84. The Morgan fingerprint density at radius 2 is 2.36 bits per heavy atom. The van der Waals surface area contributed by atoms with Crippen molar-refractivity contribution in [1.82, 2.24) is 10.2 Å². The molecule has 0 bridgehead atoms. The molecule has 0 aliphatic rings. The van der Waals surface area contributed by atoms with Crippen LogP contribution in [0.25, 0.3) is 0 Å². The van der Waals surface area contributed by atoms with Crippen LogP contribution in [0.15, 0.2) is 0 Å². The van der Waals surface area contributed by atoms with Crippen LogP contribution in [0.2, 0.25) is 5.15 Å². The van der Waals surface area contributed by atoms with Crippen LogP contribution >= 0.6 is 11.6 Å². The SMILES string of the molecule is CCOC(=O)c1c(Cl)n[nH]c1C(F)F. The zero-order valence-electron chi connectivity index (χ0n) is 7.18. The van der Waals surface area contributed by atoms with E-state index in [4.69, 9.17) is 11.6 Å². The molecule has 0 saturated carbocycles. The third-order valence-electron chi connectivity index (χ3n) is 1.45. The van der Waals surface area contributed by atoms with Crippen molar-refractivity contribution >= 4 is 17.6 Å². The minimum atomic E-state index is -2.84. The first-order chi connectivity index (χ1) is 6.57. The average molecular weight is 225 g/mol. The van der Waals surface area contributed by atoms with Crippen molar-refractivity contribution in [2.45, 2.75) is 13.3 Å². The molecule has 1 rings (SSSR count). The number of hydrogen-bond acceptors (Lipinski definition) is 3. The Bertz CT molecular complexity index is 340. The normalized spacial score (nSPS) is 10.6. The van der Waals surface area contributed by atoms with Crippen molar-refractivity contribution in [1.29, 1.82) is 0 Å². The van der Waals surface area contributed by atoms with Gasteiger partial charge in [-0.3, -0.25) is 5.10 Å². The van der Waals surface area contributed by atoms with Crippen molar-refractivity contribution in [3.8, 4) is 0 Å². The van der Waals surface area contributed by atoms with Crippen LogP contribution in [0.5, 0.6) is 0 Å². The largest absolute Gasteiger partial charge is 0.462 e. The lowest BCUT2D eigenvalue weighted by Crippen LogP contribution is -2.07. The maximum atomic E-state index is 12.3. The Morgan fingerprint density at radius 3 is 2.86 bits per heavy atom. The molecule has 0 radical (unpaired) electrons. The van der Waals surface area contributed by atoms with E-state index in [0.29, 0.717) is 0 Å². The summed E-state index contributed by atoms with van der Waals surface area (Å²) >= 11 is 5.44. The first-order valence-corrected chi connectivity index (χ1v) is 4.14. The Morgan fingerprint density at radius 1 is 1.71 bits per heavy atom. The van der Waals surface area contributed by atoms with Crippen LogP contribution in [0.1, 0.15) is 29.4 Å². The van der Waals surface area contributed by atoms with Crippen LogP contribution in [-0.2, 0) is 4.74 Å². The molecule has 0 aliphatic carbocycles. The molecule has 1 heterocycles. The second-order valence-electron chi connectivity index (χ2n) is 2.32. The lowest BCUT2D eigenvalue weighted by molar-refractivity contribution is 0.0515. The number of esters is 1. The van der Waals surface area contributed by atoms with E-state index in [0.717, 1.165) is 0 Å². The van der Waals surface area contributed by atoms with E-state index in [-0.39, 0.29) is 11.8 Å². The van der Waals surface area contributed by atoms with Crippen LogP contribution in [0, 0.1) is 0 Å². The van der Waals surface area contributed by atoms with Gasteiger partial charge in [0.15, 0.2) is 5.15 Å². The number of aromatic nitrogens is 2. The smallest absolute Gasteiger partial charge is 0.343 e. The van der Waals surface area contributed by atoms with Gasteiger partial charge in [0, 0.05) is 0 Å². The van der Waals surface area contributed by atoms with E-state index in [9.17, 15) is 13.6 Å². The molecule has 7 heteroatoms. The molecule has 0 unspecified atom stereocenters. The fraction of sp³-hybridized carbons (Fsp3) is 0.429. The van der Waals surface area contributed by atoms with E-state index in [1.54, 1.807) is 6.92 Å². The molecule has 4 nitrogen and oxygen atoms in total. The van der Waals surface area contributed by atoms with E-state index in [2.05, 4.69) is 9.84 Å². The highest BCUT2D eigenvalue weighted by Gasteiger charge is 2.25. The fourth-order valence-electron chi connectivity index (χ4n) is 0.888. The lowest BCUT2D eigenvalue weighted by Gasteiger charge is -2.01. The Kier molecular flexibility index (Phi) is 3.40. The Hall–Kier alpha value is -1.17. The summed E-state index contributed by atoms with van der Waals surface area (Å²) in [5.74, 6) is -0.901. The van der Waals surface area contributed by atoms with Gasteiger partial charge in [0.1, 0.15) is 11.3 Å². The van der Waals surface area contributed by atoms with Gasteiger partial charge in [-0.2, -0.15) is 5.10 Å². The number of carbonyl (C=O) groups is 1. The van der Waals surface area contributed by atoms with Crippen molar-refractivity contribution in [3.63, 3.8) is 0 Å². The average Bonchev–Trinajstić information content (AvgIpc) is 2.47. The Balaban J connectivity index is 3.04. The quantitative estimate of drug-likeness (QED) is 0.801. The van der Waals surface area contributed by atoms with E-state index >= 15 is 0 Å². The molecule has 0 amide bonds. The minimum absolute atomic E-state index is 0.0863. The number of alkyl halides is 2. The highest BCUT2D eigenvalue weighted by molar-refractivity contribution is 6.32. The summed E-state index contributed by atoms with van der Waals surface area (Å²) in [5, 5.41) is 4.97. The van der Waals surface area contributed by atoms with Gasteiger partial charge in [0.05, 0.1) is 6.61 Å². The third kappa shape index (κ3) is 2.01. The number of H-pyrrole nitrogens is 1. The van der Waals surface area contributed by atoms with Crippen LogP contribution < -0.4 is 0 Å². The van der Waals surface area contributed by atoms with E-state index in [1.165, 1.54) is 0 Å². The molecule has 0 atom stereocenters. The number of nitrogens with one attached hydrogen (secondary N) is 1. The first kappa shape index (κ1) is 10.9. The van der Waals surface area contributed by atoms with Gasteiger partial charge in [-0.15, -0.1) is 0 Å². The lowest BCUT2D eigenvalue weighted by atomic mass is 10.2. The second-order valence-corrected chi connectivity index (χ2v) is 2.68. The summed E-state index contributed by atoms with van der Waals surface area (Å²) in [7, 11) is 0. The molecule has 1 aromatic heterocycles. The van der Waals surface area contributed by atoms with Crippen molar-refractivity contribution in [2.24, 2.45) is 0 Å². The zero-order chi connectivity index (χ0) is 10.7. The molecule has 0 aromatic carbocycles. The molecule has 0 saturated heterocycles. The fourth-order valence-corrected chi connectivity index (χ4v) is 1.11. The van der Waals surface area contributed by atoms with Gasteiger partial charge in [-0.1, -0.05) is 11.6 Å². The molecule has 0 spiro atoms.